The Morgan fingerprint density at radius 1 is 1.00 bits per heavy atom. The minimum atomic E-state index is -5.04. The van der Waals surface area contributed by atoms with E-state index in [0.29, 0.717) is 0 Å². The van der Waals surface area contributed by atoms with E-state index in [0.717, 1.165) is 11.6 Å². The first kappa shape index (κ1) is 22.4. The number of benzene rings is 3. The number of hydrogen-bond donors (Lipinski definition) is 0. The highest BCUT2D eigenvalue weighted by Crippen LogP contribution is 2.39. The van der Waals surface area contributed by atoms with Crippen molar-refractivity contribution in [2.24, 2.45) is 0 Å². The second-order valence-electron chi connectivity index (χ2n) is 7.03. The first-order chi connectivity index (χ1) is 15.6. The Morgan fingerprint density at radius 3 is 2.36 bits per heavy atom. The van der Waals surface area contributed by atoms with Crippen LogP contribution >= 0.6 is 11.6 Å². The van der Waals surface area contributed by atoms with Crippen LogP contribution in [-0.2, 0) is 6.18 Å². The van der Waals surface area contributed by atoms with Crippen LogP contribution in [0.2, 0.25) is 5.02 Å². The summed E-state index contributed by atoms with van der Waals surface area (Å²) in [6, 6.07) is 15.8. The van der Waals surface area contributed by atoms with Gasteiger partial charge in [-0.05, 0) is 43.3 Å². The lowest BCUT2D eigenvalue weighted by Crippen LogP contribution is -2.15. The third-order valence-corrected chi connectivity index (χ3v) is 4.94. The number of rotatable bonds is 4. The van der Waals surface area contributed by atoms with Gasteiger partial charge in [0, 0.05) is 6.07 Å². The molecule has 0 unspecified atom stereocenters. The van der Waals surface area contributed by atoms with Crippen LogP contribution in [-0.4, -0.2) is 5.97 Å². The summed E-state index contributed by atoms with van der Waals surface area (Å²) in [5.74, 6) is -3.63. The molecule has 0 amide bonds. The third-order valence-electron chi connectivity index (χ3n) is 4.63. The smallest absolute Gasteiger partial charge is 0.448 e. The molecule has 5 nitrogen and oxygen atoms in total. The van der Waals surface area contributed by atoms with E-state index in [2.05, 4.69) is 0 Å². The van der Waals surface area contributed by atoms with Crippen LogP contribution in [0.25, 0.3) is 11.0 Å². The fourth-order valence-corrected chi connectivity index (χ4v) is 3.17. The second kappa shape index (κ2) is 8.63. The van der Waals surface area contributed by atoms with E-state index < -0.39 is 34.7 Å². The molecule has 0 spiro atoms. The number of carbonyl (C=O) groups is 1. The molecule has 0 radical (unpaired) electrons. The van der Waals surface area contributed by atoms with Crippen molar-refractivity contribution < 1.29 is 31.9 Å². The molecule has 3 aromatic carbocycles. The van der Waals surface area contributed by atoms with Gasteiger partial charge in [-0.15, -0.1) is 0 Å². The minimum Gasteiger partial charge on any atom is -0.448 e. The lowest BCUT2D eigenvalue weighted by Gasteiger charge is -2.14. The Labute approximate surface area is 189 Å². The maximum atomic E-state index is 13.7. The molecular formula is C24H14ClF3O5. The summed E-state index contributed by atoms with van der Waals surface area (Å²) in [4.78, 5) is 25.2. The van der Waals surface area contributed by atoms with Crippen molar-refractivity contribution >= 4 is 28.5 Å². The van der Waals surface area contributed by atoms with Crippen LogP contribution in [0, 0.1) is 6.92 Å². The molecule has 0 saturated carbocycles. The highest BCUT2D eigenvalue weighted by molar-refractivity contribution is 6.32. The maximum absolute atomic E-state index is 13.7. The van der Waals surface area contributed by atoms with Crippen LogP contribution in [0.4, 0.5) is 13.2 Å². The van der Waals surface area contributed by atoms with Crippen molar-refractivity contribution in [1.82, 2.24) is 0 Å². The molecule has 0 aliphatic heterocycles. The highest BCUT2D eigenvalue weighted by atomic mass is 35.5. The van der Waals surface area contributed by atoms with Gasteiger partial charge in [0.1, 0.15) is 17.1 Å². The Balaban J connectivity index is 1.76. The average molecular weight is 475 g/mol. The van der Waals surface area contributed by atoms with Crippen LogP contribution in [0.3, 0.4) is 0 Å². The summed E-state index contributed by atoms with van der Waals surface area (Å²) in [7, 11) is 0. The molecule has 1 heterocycles. The lowest BCUT2D eigenvalue weighted by atomic mass is 10.1. The molecule has 4 aromatic rings. The molecule has 33 heavy (non-hydrogen) atoms. The molecule has 4 rings (SSSR count). The zero-order chi connectivity index (χ0) is 23.8. The van der Waals surface area contributed by atoms with Crippen molar-refractivity contribution in [2.45, 2.75) is 13.1 Å². The molecule has 0 fully saturated rings. The molecule has 0 aliphatic carbocycles. The number of aryl methyl sites for hydroxylation is 1. The van der Waals surface area contributed by atoms with Gasteiger partial charge < -0.3 is 13.9 Å². The predicted octanol–water partition coefficient (Wildman–Crippen LogP) is 6.79. The van der Waals surface area contributed by atoms with Crippen LogP contribution < -0.4 is 14.9 Å². The van der Waals surface area contributed by atoms with Gasteiger partial charge in [-0.3, -0.25) is 4.79 Å². The highest BCUT2D eigenvalue weighted by Gasteiger charge is 2.40. The van der Waals surface area contributed by atoms with E-state index in [4.69, 9.17) is 25.5 Å². The first-order valence-electron chi connectivity index (χ1n) is 9.53. The largest absolute Gasteiger partial charge is 0.453 e. The van der Waals surface area contributed by atoms with E-state index in [1.54, 1.807) is 30.3 Å². The monoisotopic (exact) mass is 474 g/mol. The maximum Gasteiger partial charge on any atom is 0.453 e. The summed E-state index contributed by atoms with van der Waals surface area (Å²) in [5, 5.41) is -0.177. The molecule has 0 aliphatic rings. The SMILES string of the molecule is Cc1ccc(C(=O)Oc2ccc3c(=O)c(Oc4ccccc4Cl)c(C(F)(F)F)oc3c2)cc1. The van der Waals surface area contributed by atoms with Gasteiger partial charge in [0.15, 0.2) is 0 Å². The normalized spacial score (nSPS) is 11.4. The van der Waals surface area contributed by atoms with Crippen molar-refractivity contribution in [3.63, 3.8) is 0 Å². The van der Waals surface area contributed by atoms with E-state index in [-0.39, 0.29) is 27.5 Å². The molecule has 1 aromatic heterocycles. The van der Waals surface area contributed by atoms with Crippen molar-refractivity contribution in [1.29, 1.82) is 0 Å². The molecule has 0 bridgehead atoms. The van der Waals surface area contributed by atoms with E-state index in [1.165, 1.54) is 30.3 Å². The average Bonchev–Trinajstić information content (AvgIpc) is 2.76. The third kappa shape index (κ3) is 4.70. The van der Waals surface area contributed by atoms with E-state index in [1.807, 2.05) is 6.92 Å². The molecule has 9 heteroatoms. The number of hydrogen-bond acceptors (Lipinski definition) is 5. The molecule has 168 valence electrons. The summed E-state index contributed by atoms with van der Waals surface area (Å²) >= 11 is 5.95. The second-order valence-corrected chi connectivity index (χ2v) is 7.44. The number of alkyl halides is 3. The summed E-state index contributed by atoms with van der Waals surface area (Å²) in [6.07, 6.45) is -5.04. The van der Waals surface area contributed by atoms with Crippen molar-refractivity contribution in [3.05, 3.63) is 98.9 Å². The lowest BCUT2D eigenvalue weighted by molar-refractivity contribution is -0.154. The number of ether oxygens (including phenoxy) is 2. The van der Waals surface area contributed by atoms with E-state index in [9.17, 15) is 22.8 Å². The van der Waals surface area contributed by atoms with Gasteiger partial charge >= 0.3 is 12.1 Å². The minimum absolute atomic E-state index is 0.0171. The molecule has 0 N–H and O–H groups in total. The Kier molecular flexibility index (Phi) is 5.86. The fraction of sp³-hybridized carbons (Fsp3) is 0.0833. The quantitative estimate of drug-likeness (QED) is 0.241. The number of esters is 1. The summed E-state index contributed by atoms with van der Waals surface area (Å²) in [5.41, 5.74) is -0.289. The topological polar surface area (TPSA) is 65.7 Å². The summed E-state index contributed by atoms with van der Waals surface area (Å²) in [6.45, 7) is 1.85. The first-order valence-corrected chi connectivity index (χ1v) is 9.90. The van der Waals surface area contributed by atoms with Gasteiger partial charge in [0.25, 0.3) is 5.76 Å². The van der Waals surface area contributed by atoms with Gasteiger partial charge in [0.2, 0.25) is 11.2 Å². The van der Waals surface area contributed by atoms with Gasteiger partial charge in [-0.1, -0.05) is 41.4 Å². The Morgan fingerprint density at radius 2 is 1.70 bits per heavy atom. The number of para-hydroxylation sites is 1. The predicted molar refractivity (Wildman–Crippen MR) is 115 cm³/mol. The Bertz CT molecular complexity index is 1410. The Hall–Kier alpha value is -3.78. The molecule has 0 saturated heterocycles. The van der Waals surface area contributed by atoms with Crippen molar-refractivity contribution in [3.8, 4) is 17.2 Å². The zero-order valence-corrected chi connectivity index (χ0v) is 17.7. The molecular weight excluding hydrogens is 461 g/mol. The van der Waals surface area contributed by atoms with Crippen LogP contribution in [0.15, 0.2) is 75.9 Å². The fourth-order valence-electron chi connectivity index (χ4n) is 2.99. The standard InChI is InChI=1S/C24H14ClF3O5/c1-13-6-8-14(9-7-13)23(30)31-15-10-11-16-19(12-15)33-22(24(26,27)28)21(20(16)29)32-18-5-3-2-4-17(18)25/h2-12H,1H3. The molecule has 0 atom stereocenters. The van der Waals surface area contributed by atoms with Crippen molar-refractivity contribution in [2.75, 3.05) is 0 Å². The van der Waals surface area contributed by atoms with Gasteiger partial charge in [-0.25, -0.2) is 4.79 Å². The van der Waals surface area contributed by atoms with Gasteiger partial charge in [-0.2, -0.15) is 13.2 Å². The van der Waals surface area contributed by atoms with Crippen LogP contribution in [0.1, 0.15) is 21.7 Å². The number of fused-ring (bicyclic) bond motifs is 1. The van der Waals surface area contributed by atoms with Gasteiger partial charge in [0.05, 0.1) is 16.0 Å². The zero-order valence-electron chi connectivity index (χ0n) is 16.9. The number of halogens is 4. The van der Waals surface area contributed by atoms with Crippen LogP contribution in [0.5, 0.6) is 17.2 Å². The van der Waals surface area contributed by atoms with E-state index >= 15 is 0 Å². The number of carbonyl (C=O) groups excluding carboxylic acids is 1. The summed E-state index contributed by atoms with van der Waals surface area (Å²) < 4.78 is 56.5.